The number of esters is 4. The SMILES string of the molecule is CC(=O)Oc1cc(C2=CN(C(=O)c3ccccc3)C(C(C)C)C(=O)N2CC(=O)N[C@@H](Cc2ccccc2)C(=O)C(=O)OC(C)C)cc(OC(C)=O)c1OC(C)=O. The molecule has 4 rings (SSSR count). The Morgan fingerprint density at radius 3 is 1.79 bits per heavy atom. The molecule has 3 amide bonds. The highest BCUT2D eigenvalue weighted by Gasteiger charge is 2.42. The number of hydrogen-bond donors (Lipinski definition) is 1. The molecule has 0 spiro atoms. The fourth-order valence-electron chi connectivity index (χ4n) is 5.88. The van der Waals surface area contributed by atoms with E-state index in [9.17, 15) is 38.4 Å². The van der Waals surface area contributed by atoms with E-state index in [0.717, 1.165) is 25.7 Å². The number of benzene rings is 3. The Balaban J connectivity index is 1.89. The van der Waals surface area contributed by atoms with Crippen LogP contribution in [0, 0.1) is 5.92 Å². The van der Waals surface area contributed by atoms with Crippen LogP contribution in [-0.4, -0.2) is 81.9 Å². The van der Waals surface area contributed by atoms with E-state index in [1.807, 2.05) is 0 Å². The molecule has 3 aromatic carbocycles. The van der Waals surface area contributed by atoms with Gasteiger partial charge in [-0.25, -0.2) is 4.79 Å². The smallest absolute Gasteiger partial charge is 0.377 e. The van der Waals surface area contributed by atoms with Gasteiger partial charge in [0.2, 0.25) is 11.7 Å². The van der Waals surface area contributed by atoms with E-state index < -0.39 is 83.8 Å². The predicted molar refractivity (Wildman–Crippen MR) is 200 cm³/mol. The number of rotatable bonds is 14. The third kappa shape index (κ3) is 10.7. The topological polar surface area (TPSA) is 192 Å². The van der Waals surface area contributed by atoms with E-state index in [4.69, 9.17) is 18.9 Å². The summed E-state index contributed by atoms with van der Waals surface area (Å²) in [5.41, 5.74) is 0.749. The van der Waals surface area contributed by atoms with Crippen LogP contribution < -0.4 is 19.5 Å². The first-order chi connectivity index (χ1) is 26.5. The van der Waals surface area contributed by atoms with Crippen molar-refractivity contribution in [3.63, 3.8) is 0 Å². The maximum atomic E-state index is 14.6. The van der Waals surface area contributed by atoms with Crippen molar-refractivity contribution in [1.29, 1.82) is 0 Å². The Hall–Kier alpha value is -6.64. The van der Waals surface area contributed by atoms with Crippen LogP contribution in [0.2, 0.25) is 0 Å². The molecule has 0 radical (unpaired) electrons. The molecule has 1 aliphatic heterocycles. The number of hydrogen-bond acceptors (Lipinski definition) is 12. The number of nitrogens with one attached hydrogen (secondary N) is 1. The fraction of sp³-hybridized carbons (Fsp3) is 0.317. The first-order valence-electron chi connectivity index (χ1n) is 17.7. The molecule has 0 saturated heterocycles. The van der Waals surface area contributed by atoms with Crippen LogP contribution in [0.1, 0.15) is 70.0 Å². The van der Waals surface area contributed by atoms with Gasteiger partial charge in [0.05, 0.1) is 11.8 Å². The Kier molecular flexibility index (Phi) is 14.0. The molecule has 0 bridgehead atoms. The van der Waals surface area contributed by atoms with Gasteiger partial charge in [0.15, 0.2) is 11.5 Å². The molecule has 1 heterocycles. The van der Waals surface area contributed by atoms with Crippen molar-refractivity contribution in [3.05, 3.63) is 95.7 Å². The second-order valence-corrected chi connectivity index (χ2v) is 13.4. The average Bonchev–Trinajstić information content (AvgIpc) is 3.12. The van der Waals surface area contributed by atoms with Crippen LogP contribution in [0.25, 0.3) is 5.70 Å². The Bertz CT molecular complexity index is 2010. The lowest BCUT2D eigenvalue weighted by molar-refractivity contribution is -0.157. The largest absolute Gasteiger partial charge is 0.457 e. The Morgan fingerprint density at radius 2 is 1.29 bits per heavy atom. The number of amides is 3. The molecule has 0 aromatic heterocycles. The van der Waals surface area contributed by atoms with Crippen molar-refractivity contribution >= 4 is 53.1 Å². The summed E-state index contributed by atoms with van der Waals surface area (Å²) in [5.74, 6) is -8.55. The maximum Gasteiger partial charge on any atom is 0.377 e. The third-order valence-electron chi connectivity index (χ3n) is 8.11. The normalized spacial score (nSPS) is 14.4. The van der Waals surface area contributed by atoms with Crippen LogP contribution >= 0.6 is 0 Å². The summed E-state index contributed by atoms with van der Waals surface area (Å²) in [7, 11) is 0. The second kappa shape index (κ2) is 18.6. The molecule has 0 aliphatic carbocycles. The monoisotopic (exact) mass is 769 g/mol. The summed E-state index contributed by atoms with van der Waals surface area (Å²) >= 11 is 0. The molecule has 1 aliphatic rings. The highest BCUT2D eigenvalue weighted by Crippen LogP contribution is 2.43. The van der Waals surface area contributed by atoms with Gasteiger partial charge in [0.1, 0.15) is 18.6 Å². The molecule has 0 fully saturated rings. The molecule has 3 aromatic rings. The van der Waals surface area contributed by atoms with E-state index in [-0.39, 0.29) is 34.7 Å². The fourth-order valence-corrected chi connectivity index (χ4v) is 5.88. The van der Waals surface area contributed by atoms with Crippen molar-refractivity contribution in [2.24, 2.45) is 5.92 Å². The number of ketones is 1. The van der Waals surface area contributed by atoms with Gasteiger partial charge in [-0.3, -0.25) is 38.5 Å². The van der Waals surface area contributed by atoms with Crippen LogP contribution in [0.4, 0.5) is 0 Å². The summed E-state index contributed by atoms with van der Waals surface area (Å²) in [5, 5.41) is 2.58. The third-order valence-corrected chi connectivity index (χ3v) is 8.11. The number of carbonyl (C=O) groups is 8. The zero-order valence-electron chi connectivity index (χ0n) is 32.0. The van der Waals surface area contributed by atoms with E-state index in [0.29, 0.717) is 5.56 Å². The van der Waals surface area contributed by atoms with Gasteiger partial charge in [-0.05, 0) is 49.6 Å². The lowest BCUT2D eigenvalue weighted by Gasteiger charge is -2.41. The van der Waals surface area contributed by atoms with Crippen molar-refractivity contribution < 1.29 is 57.3 Å². The molecule has 2 atom stereocenters. The second-order valence-electron chi connectivity index (χ2n) is 13.4. The Labute approximate surface area is 323 Å². The molecular weight excluding hydrogens is 726 g/mol. The molecule has 15 nitrogen and oxygen atoms in total. The number of nitrogens with zero attached hydrogens (tertiary/aromatic N) is 2. The van der Waals surface area contributed by atoms with Crippen LogP contribution in [0.5, 0.6) is 17.2 Å². The van der Waals surface area contributed by atoms with Crippen LogP contribution in [0.3, 0.4) is 0 Å². The zero-order chi connectivity index (χ0) is 41.3. The number of Topliss-reactive ketones (excluding diaryl/α,β-unsaturated/α-hetero) is 1. The van der Waals surface area contributed by atoms with Crippen LogP contribution in [-0.2, 0) is 44.7 Å². The first kappa shape index (κ1) is 42.1. The van der Waals surface area contributed by atoms with Gasteiger partial charge in [-0.15, -0.1) is 0 Å². The number of ether oxygens (including phenoxy) is 4. The van der Waals surface area contributed by atoms with Gasteiger partial charge in [0.25, 0.3) is 17.6 Å². The first-order valence-corrected chi connectivity index (χ1v) is 17.7. The molecule has 0 saturated carbocycles. The quantitative estimate of drug-likeness (QED) is 0.141. The van der Waals surface area contributed by atoms with E-state index in [1.165, 1.54) is 23.2 Å². The molecule has 56 heavy (non-hydrogen) atoms. The van der Waals surface area contributed by atoms with Gasteiger partial charge in [-0.1, -0.05) is 62.4 Å². The molecule has 294 valence electrons. The maximum absolute atomic E-state index is 14.6. The summed E-state index contributed by atoms with van der Waals surface area (Å²) in [6, 6.07) is 16.7. The van der Waals surface area contributed by atoms with E-state index in [1.54, 1.807) is 88.4 Å². The Morgan fingerprint density at radius 1 is 0.750 bits per heavy atom. The van der Waals surface area contributed by atoms with Crippen molar-refractivity contribution in [1.82, 2.24) is 15.1 Å². The highest BCUT2D eigenvalue weighted by molar-refractivity contribution is 6.36. The minimum Gasteiger partial charge on any atom is -0.457 e. The van der Waals surface area contributed by atoms with Crippen LogP contribution in [0.15, 0.2) is 79.0 Å². The lowest BCUT2D eigenvalue weighted by atomic mass is 9.95. The van der Waals surface area contributed by atoms with Gasteiger partial charge < -0.3 is 29.2 Å². The van der Waals surface area contributed by atoms with Crippen molar-refractivity contribution in [2.75, 3.05) is 6.54 Å². The van der Waals surface area contributed by atoms with Gasteiger partial charge in [-0.2, -0.15) is 0 Å². The summed E-state index contributed by atoms with van der Waals surface area (Å²) in [4.78, 5) is 108. The van der Waals surface area contributed by atoms with E-state index >= 15 is 0 Å². The van der Waals surface area contributed by atoms with Gasteiger partial charge in [0, 0.05) is 44.5 Å². The van der Waals surface area contributed by atoms with Crippen molar-refractivity contribution in [2.45, 2.75) is 73.1 Å². The summed E-state index contributed by atoms with van der Waals surface area (Å²) in [6.45, 7) is 9.06. The predicted octanol–water partition coefficient (Wildman–Crippen LogP) is 4.02. The summed E-state index contributed by atoms with van der Waals surface area (Å²) in [6.07, 6.45) is 0.629. The molecular formula is C41H43N3O12. The minimum absolute atomic E-state index is 0.0138. The van der Waals surface area contributed by atoms with Gasteiger partial charge >= 0.3 is 23.9 Å². The molecule has 1 N–H and O–H groups in total. The number of carbonyl (C=O) groups excluding carboxylic acids is 8. The molecule has 15 heteroatoms. The standard InChI is InChI=1S/C41H43N3O12/c1-23(2)36-40(51)43(22-35(48)42-31(18-28-14-10-8-11-15-28)37(49)41(52)53-24(3)4)32(21-44(36)39(50)29-16-12-9-13-17-29)30-19-33(54-25(5)45)38(56-27(7)47)34(20-30)55-26(6)46/h8-17,19-21,23-24,31,36H,18,22H2,1-7H3,(H,42,48)/t31-,36?/m0/s1. The average molecular weight is 770 g/mol. The van der Waals surface area contributed by atoms with E-state index in [2.05, 4.69) is 5.32 Å². The highest BCUT2D eigenvalue weighted by atomic mass is 16.6. The zero-order valence-corrected chi connectivity index (χ0v) is 32.0. The minimum atomic E-state index is -1.39. The van der Waals surface area contributed by atoms with Crippen molar-refractivity contribution in [3.8, 4) is 17.2 Å². The lowest BCUT2D eigenvalue weighted by Crippen LogP contribution is -2.57. The molecule has 1 unspecified atom stereocenters. The summed E-state index contributed by atoms with van der Waals surface area (Å²) < 4.78 is 21.1.